The average molecular weight is 349 g/mol. The van der Waals surface area contributed by atoms with E-state index in [1.54, 1.807) is 0 Å². The maximum Gasteiger partial charge on any atom is 0.258 e. The Labute approximate surface area is 153 Å². The van der Waals surface area contributed by atoms with Crippen molar-refractivity contribution in [2.75, 3.05) is 7.05 Å². The van der Waals surface area contributed by atoms with E-state index in [1.807, 2.05) is 43.4 Å². The topological polar surface area (TPSA) is 60.2 Å². The van der Waals surface area contributed by atoms with Gasteiger partial charge in [0, 0.05) is 17.7 Å². The molecule has 0 amide bonds. The maximum absolute atomic E-state index is 6.00. The zero-order valence-electron chi connectivity index (χ0n) is 14.9. The van der Waals surface area contributed by atoms with Gasteiger partial charge in [-0.05, 0) is 74.7 Å². The second-order valence-corrected chi connectivity index (χ2v) is 6.70. The smallest absolute Gasteiger partial charge is 0.258 e. The Morgan fingerprint density at radius 1 is 1.00 bits per heavy atom. The van der Waals surface area contributed by atoms with Crippen LogP contribution in [0.4, 0.5) is 0 Å². The van der Waals surface area contributed by atoms with Crippen molar-refractivity contribution in [2.24, 2.45) is 0 Å². The molecule has 1 saturated carbocycles. The summed E-state index contributed by atoms with van der Waals surface area (Å²) in [6.45, 7) is 0.838. The highest BCUT2D eigenvalue weighted by Gasteiger charge is 2.16. The van der Waals surface area contributed by atoms with Crippen molar-refractivity contribution in [3.63, 3.8) is 0 Å². The second-order valence-electron chi connectivity index (χ2n) is 6.70. The number of hydrogen-bond donors (Lipinski definition) is 1. The lowest BCUT2D eigenvalue weighted by molar-refractivity contribution is 0.210. The molecule has 0 saturated heterocycles. The van der Waals surface area contributed by atoms with E-state index in [0.29, 0.717) is 17.8 Å². The van der Waals surface area contributed by atoms with Crippen molar-refractivity contribution < 1.29 is 9.26 Å². The highest BCUT2D eigenvalue weighted by atomic mass is 16.5. The van der Waals surface area contributed by atoms with Crippen LogP contribution in [0.25, 0.3) is 22.8 Å². The SMILES string of the molecule is CNCc1ccc(-c2nc(-c3ccc(OC4CCCC4)cc3)no2)cc1. The van der Waals surface area contributed by atoms with Crippen molar-refractivity contribution in [3.8, 4) is 28.6 Å². The van der Waals surface area contributed by atoms with Gasteiger partial charge in [-0.2, -0.15) is 4.98 Å². The molecule has 26 heavy (non-hydrogen) atoms. The van der Waals surface area contributed by atoms with Gasteiger partial charge in [-0.3, -0.25) is 0 Å². The molecule has 3 aromatic rings. The molecular formula is C21H23N3O2. The quantitative estimate of drug-likeness (QED) is 0.713. The Bertz CT molecular complexity index is 834. The van der Waals surface area contributed by atoms with Crippen LogP contribution in [0.5, 0.6) is 5.75 Å². The van der Waals surface area contributed by atoms with E-state index in [9.17, 15) is 0 Å². The van der Waals surface area contributed by atoms with Gasteiger partial charge in [0.15, 0.2) is 0 Å². The van der Waals surface area contributed by atoms with Gasteiger partial charge < -0.3 is 14.6 Å². The first-order valence-corrected chi connectivity index (χ1v) is 9.16. The molecule has 1 fully saturated rings. The van der Waals surface area contributed by atoms with Crippen molar-refractivity contribution >= 4 is 0 Å². The molecule has 1 N–H and O–H groups in total. The third kappa shape index (κ3) is 3.78. The number of nitrogens with one attached hydrogen (secondary N) is 1. The van der Waals surface area contributed by atoms with E-state index in [1.165, 1.54) is 18.4 Å². The summed E-state index contributed by atoms with van der Waals surface area (Å²) >= 11 is 0. The van der Waals surface area contributed by atoms with Gasteiger partial charge in [0.25, 0.3) is 5.89 Å². The van der Waals surface area contributed by atoms with Gasteiger partial charge in [0.05, 0.1) is 6.10 Å². The van der Waals surface area contributed by atoms with Crippen molar-refractivity contribution in [1.29, 1.82) is 0 Å². The van der Waals surface area contributed by atoms with Crippen LogP contribution < -0.4 is 10.1 Å². The van der Waals surface area contributed by atoms with Crippen LogP contribution in [-0.4, -0.2) is 23.3 Å². The van der Waals surface area contributed by atoms with Crippen molar-refractivity contribution in [1.82, 2.24) is 15.5 Å². The minimum atomic E-state index is 0.364. The zero-order chi connectivity index (χ0) is 17.8. The predicted octanol–water partition coefficient (Wildman–Crippen LogP) is 4.44. The summed E-state index contributed by atoms with van der Waals surface area (Å²) in [6, 6.07) is 16.1. The molecule has 5 heteroatoms. The molecule has 0 unspecified atom stereocenters. The first-order chi connectivity index (χ1) is 12.8. The van der Waals surface area contributed by atoms with Gasteiger partial charge in [-0.25, -0.2) is 0 Å². The van der Waals surface area contributed by atoms with E-state index >= 15 is 0 Å². The Hall–Kier alpha value is -2.66. The van der Waals surface area contributed by atoms with Gasteiger partial charge in [-0.15, -0.1) is 0 Å². The third-order valence-corrected chi connectivity index (χ3v) is 4.73. The first kappa shape index (κ1) is 16.8. The molecule has 0 atom stereocenters. The average Bonchev–Trinajstić information content (AvgIpc) is 3.35. The standard InChI is InChI=1S/C21H23N3O2/c1-22-14-15-6-8-17(9-7-15)21-23-20(24-26-21)16-10-12-19(13-11-16)25-18-4-2-3-5-18/h6-13,18,22H,2-5,14H2,1H3. The fourth-order valence-electron chi connectivity index (χ4n) is 3.31. The normalized spacial score (nSPS) is 14.7. The van der Waals surface area contributed by atoms with E-state index in [4.69, 9.17) is 9.26 Å². The zero-order valence-corrected chi connectivity index (χ0v) is 14.9. The van der Waals surface area contributed by atoms with Gasteiger partial charge >= 0.3 is 0 Å². The molecule has 4 rings (SSSR count). The summed E-state index contributed by atoms with van der Waals surface area (Å²) in [5.74, 6) is 2.03. The largest absolute Gasteiger partial charge is 0.490 e. The summed E-state index contributed by atoms with van der Waals surface area (Å²) in [7, 11) is 1.93. The van der Waals surface area contributed by atoms with E-state index in [-0.39, 0.29) is 0 Å². The summed E-state index contributed by atoms with van der Waals surface area (Å²) in [5.41, 5.74) is 3.06. The first-order valence-electron chi connectivity index (χ1n) is 9.16. The molecule has 5 nitrogen and oxygen atoms in total. The summed E-state index contributed by atoms with van der Waals surface area (Å²) < 4.78 is 11.4. The molecule has 1 heterocycles. The molecule has 1 aliphatic carbocycles. The highest BCUT2D eigenvalue weighted by Crippen LogP contribution is 2.27. The summed E-state index contributed by atoms with van der Waals surface area (Å²) in [6.07, 6.45) is 5.21. The van der Waals surface area contributed by atoms with Crippen LogP contribution in [0.3, 0.4) is 0 Å². The highest BCUT2D eigenvalue weighted by molar-refractivity contribution is 5.60. The predicted molar refractivity (Wildman–Crippen MR) is 101 cm³/mol. The van der Waals surface area contributed by atoms with E-state index in [2.05, 4.69) is 27.6 Å². The number of hydrogen-bond acceptors (Lipinski definition) is 5. The Balaban J connectivity index is 1.46. The van der Waals surface area contributed by atoms with Crippen LogP contribution in [0.1, 0.15) is 31.2 Å². The monoisotopic (exact) mass is 349 g/mol. The molecule has 0 radical (unpaired) electrons. The van der Waals surface area contributed by atoms with Crippen LogP contribution in [0.15, 0.2) is 53.1 Å². The summed E-state index contributed by atoms with van der Waals surface area (Å²) in [4.78, 5) is 4.53. The number of nitrogens with zero attached hydrogens (tertiary/aromatic N) is 2. The molecule has 134 valence electrons. The number of aromatic nitrogens is 2. The molecule has 0 spiro atoms. The Kier molecular flexibility index (Phi) is 4.97. The molecular weight excluding hydrogens is 326 g/mol. The third-order valence-electron chi connectivity index (χ3n) is 4.73. The number of ether oxygens (including phenoxy) is 1. The maximum atomic E-state index is 6.00. The van der Waals surface area contributed by atoms with Crippen LogP contribution in [0.2, 0.25) is 0 Å². The van der Waals surface area contributed by atoms with E-state index < -0.39 is 0 Å². The minimum absolute atomic E-state index is 0.364. The number of benzene rings is 2. The molecule has 2 aromatic carbocycles. The molecule has 0 aliphatic heterocycles. The summed E-state index contributed by atoms with van der Waals surface area (Å²) in [5, 5.41) is 7.25. The van der Waals surface area contributed by atoms with E-state index in [0.717, 1.165) is 36.3 Å². The molecule has 0 bridgehead atoms. The fraction of sp³-hybridized carbons (Fsp3) is 0.333. The second kappa shape index (κ2) is 7.70. The van der Waals surface area contributed by atoms with Crippen LogP contribution in [0, 0.1) is 0 Å². The van der Waals surface area contributed by atoms with Crippen molar-refractivity contribution in [3.05, 3.63) is 54.1 Å². The van der Waals surface area contributed by atoms with Crippen molar-refractivity contribution in [2.45, 2.75) is 38.3 Å². The number of rotatable bonds is 6. The molecule has 1 aromatic heterocycles. The minimum Gasteiger partial charge on any atom is -0.490 e. The van der Waals surface area contributed by atoms with Crippen LogP contribution in [-0.2, 0) is 6.54 Å². The van der Waals surface area contributed by atoms with Gasteiger partial charge in [0.1, 0.15) is 5.75 Å². The lowest BCUT2D eigenvalue weighted by Crippen LogP contribution is -2.10. The lowest BCUT2D eigenvalue weighted by Gasteiger charge is -2.12. The Morgan fingerprint density at radius 3 is 2.38 bits per heavy atom. The van der Waals surface area contributed by atoms with Gasteiger partial charge in [0.2, 0.25) is 5.82 Å². The van der Waals surface area contributed by atoms with Crippen LogP contribution >= 0.6 is 0 Å². The Morgan fingerprint density at radius 2 is 1.69 bits per heavy atom. The lowest BCUT2D eigenvalue weighted by atomic mass is 10.1. The fourth-order valence-corrected chi connectivity index (χ4v) is 3.31. The van der Waals surface area contributed by atoms with Gasteiger partial charge in [-0.1, -0.05) is 17.3 Å². The molecule has 1 aliphatic rings.